The van der Waals surface area contributed by atoms with Gasteiger partial charge in [0.2, 0.25) is 0 Å². The highest BCUT2D eigenvalue weighted by Crippen LogP contribution is 2.26. The minimum Gasteiger partial charge on any atom is -0.319 e. The summed E-state index contributed by atoms with van der Waals surface area (Å²) in [5.74, 6) is -1.14. The number of nitro benzene ring substituents is 1. The summed E-state index contributed by atoms with van der Waals surface area (Å²) < 4.78 is 0. The fourth-order valence-electron chi connectivity index (χ4n) is 2.78. The molecule has 0 aliphatic carbocycles. The number of carbonyl (C=O) groups excluding carboxylic acids is 2. The van der Waals surface area contributed by atoms with Crippen molar-refractivity contribution in [2.75, 3.05) is 5.32 Å². The van der Waals surface area contributed by atoms with Gasteiger partial charge in [-0.1, -0.05) is 40.9 Å². The number of rotatable bonds is 6. The molecular weight excluding hydrogens is 453 g/mol. The highest BCUT2D eigenvalue weighted by molar-refractivity contribution is 6.36. The van der Waals surface area contributed by atoms with E-state index in [0.717, 1.165) is 5.56 Å². The third-order valence-electron chi connectivity index (χ3n) is 4.36. The van der Waals surface area contributed by atoms with Crippen LogP contribution in [0.4, 0.5) is 11.4 Å². The van der Waals surface area contributed by atoms with Crippen molar-refractivity contribution in [1.29, 1.82) is 0 Å². The molecule has 0 fully saturated rings. The smallest absolute Gasteiger partial charge is 0.272 e. The maximum atomic E-state index is 13.0. The van der Waals surface area contributed by atoms with Crippen LogP contribution in [-0.2, 0) is 4.79 Å². The predicted octanol–water partition coefficient (Wildman–Crippen LogP) is 5.62. The average molecular weight is 470 g/mol. The van der Waals surface area contributed by atoms with Crippen LogP contribution in [0.25, 0.3) is 6.08 Å². The molecule has 0 spiro atoms. The highest BCUT2D eigenvalue weighted by atomic mass is 35.5. The molecule has 0 saturated heterocycles. The summed E-state index contributed by atoms with van der Waals surface area (Å²) in [6.07, 6.45) is 1.41. The van der Waals surface area contributed by atoms with Gasteiger partial charge in [0.05, 0.1) is 15.6 Å². The molecule has 0 atom stereocenters. The number of nitrogens with one attached hydrogen (secondary N) is 2. The van der Waals surface area contributed by atoms with Crippen LogP contribution in [0.15, 0.2) is 72.4 Å². The number of nitrogens with zero attached hydrogens (tertiary/aromatic N) is 1. The number of hydrogen-bond donors (Lipinski definition) is 2. The Labute approximate surface area is 193 Å². The number of hydrogen-bond acceptors (Lipinski definition) is 4. The third kappa shape index (κ3) is 5.94. The normalized spacial score (nSPS) is 11.0. The predicted molar refractivity (Wildman–Crippen MR) is 125 cm³/mol. The molecule has 7 nitrogen and oxygen atoms in total. The number of nitro groups is 1. The van der Waals surface area contributed by atoms with Crippen molar-refractivity contribution >= 4 is 52.5 Å². The maximum Gasteiger partial charge on any atom is 0.272 e. The van der Waals surface area contributed by atoms with E-state index in [1.807, 2.05) is 13.0 Å². The van der Waals surface area contributed by atoms with Crippen LogP contribution < -0.4 is 10.6 Å². The fourth-order valence-corrected chi connectivity index (χ4v) is 3.12. The molecule has 0 aliphatic heterocycles. The van der Waals surface area contributed by atoms with E-state index in [1.165, 1.54) is 42.5 Å². The number of anilines is 1. The Balaban J connectivity index is 1.94. The van der Waals surface area contributed by atoms with Crippen molar-refractivity contribution in [2.45, 2.75) is 6.92 Å². The van der Waals surface area contributed by atoms with Crippen LogP contribution in [0.5, 0.6) is 0 Å². The summed E-state index contributed by atoms with van der Waals surface area (Å²) in [5.41, 5.74) is 1.82. The lowest BCUT2D eigenvalue weighted by Crippen LogP contribution is -2.30. The molecule has 0 aliphatic rings. The fraction of sp³-hybridized carbons (Fsp3) is 0.0435. The molecule has 0 aromatic heterocycles. The lowest BCUT2D eigenvalue weighted by atomic mass is 10.1. The molecule has 2 amide bonds. The van der Waals surface area contributed by atoms with Crippen molar-refractivity contribution in [3.8, 4) is 0 Å². The van der Waals surface area contributed by atoms with Gasteiger partial charge in [-0.3, -0.25) is 19.7 Å². The molecule has 0 saturated carbocycles. The minimum atomic E-state index is -0.645. The lowest BCUT2D eigenvalue weighted by Gasteiger charge is -2.13. The zero-order valence-electron chi connectivity index (χ0n) is 16.8. The zero-order valence-corrected chi connectivity index (χ0v) is 18.3. The van der Waals surface area contributed by atoms with E-state index >= 15 is 0 Å². The van der Waals surface area contributed by atoms with E-state index < -0.39 is 16.7 Å². The molecule has 3 aromatic rings. The summed E-state index contributed by atoms with van der Waals surface area (Å²) >= 11 is 12.1. The van der Waals surface area contributed by atoms with E-state index in [9.17, 15) is 19.7 Å². The van der Waals surface area contributed by atoms with Crippen molar-refractivity contribution in [3.63, 3.8) is 0 Å². The molecule has 162 valence electrons. The summed E-state index contributed by atoms with van der Waals surface area (Å²) in [4.78, 5) is 36.1. The van der Waals surface area contributed by atoms with Crippen LogP contribution in [0.1, 0.15) is 21.5 Å². The van der Waals surface area contributed by atoms with Gasteiger partial charge in [0.1, 0.15) is 5.70 Å². The Morgan fingerprint density at radius 3 is 2.38 bits per heavy atom. The van der Waals surface area contributed by atoms with Crippen LogP contribution >= 0.6 is 23.2 Å². The molecule has 32 heavy (non-hydrogen) atoms. The summed E-state index contributed by atoms with van der Waals surface area (Å²) in [5, 5.41) is 16.7. The van der Waals surface area contributed by atoms with E-state index in [2.05, 4.69) is 10.6 Å². The van der Waals surface area contributed by atoms with Gasteiger partial charge in [-0.2, -0.15) is 0 Å². The van der Waals surface area contributed by atoms with Gasteiger partial charge in [0, 0.05) is 22.7 Å². The van der Waals surface area contributed by atoms with Gasteiger partial charge in [-0.15, -0.1) is 0 Å². The first kappa shape index (κ1) is 23.0. The SMILES string of the molecule is Cc1cccc(C(=O)NC(=Cc2ccc([N+](=O)[O-])cc2)C(=O)Nc2cc(Cl)ccc2Cl)c1. The quantitative estimate of drug-likeness (QED) is 0.277. The van der Waals surface area contributed by atoms with Crippen molar-refractivity contribution in [3.05, 3.63) is 109 Å². The zero-order chi connectivity index (χ0) is 23.3. The summed E-state index contributed by atoms with van der Waals surface area (Å²) in [6.45, 7) is 1.85. The Kier molecular flexibility index (Phi) is 7.25. The third-order valence-corrected chi connectivity index (χ3v) is 4.93. The number of halogens is 2. The van der Waals surface area contributed by atoms with E-state index in [0.29, 0.717) is 16.1 Å². The Morgan fingerprint density at radius 2 is 1.72 bits per heavy atom. The monoisotopic (exact) mass is 469 g/mol. The molecule has 2 N–H and O–H groups in total. The second-order valence-corrected chi connectivity index (χ2v) is 7.65. The van der Waals surface area contributed by atoms with Crippen LogP contribution in [-0.4, -0.2) is 16.7 Å². The molecule has 0 bridgehead atoms. The van der Waals surface area contributed by atoms with Gasteiger partial charge >= 0.3 is 0 Å². The summed E-state index contributed by atoms with van der Waals surface area (Å²) in [6, 6.07) is 17.0. The number of carbonyl (C=O) groups is 2. The topological polar surface area (TPSA) is 101 Å². The average Bonchev–Trinajstić information content (AvgIpc) is 2.76. The first-order valence-corrected chi connectivity index (χ1v) is 10.1. The van der Waals surface area contributed by atoms with Gasteiger partial charge in [0.25, 0.3) is 17.5 Å². The number of benzene rings is 3. The van der Waals surface area contributed by atoms with Crippen LogP contribution in [0.2, 0.25) is 10.0 Å². The standard InChI is InChI=1S/C23H17Cl2N3O4/c1-14-3-2-4-16(11-14)22(29)27-21(12-15-5-8-18(9-6-15)28(31)32)23(30)26-20-13-17(24)7-10-19(20)25/h2-13H,1H3,(H,26,30)(H,27,29). The Hall–Kier alpha value is -3.68. The molecule has 0 unspecified atom stereocenters. The lowest BCUT2D eigenvalue weighted by molar-refractivity contribution is -0.384. The molecule has 0 heterocycles. The van der Waals surface area contributed by atoms with Crippen molar-refractivity contribution < 1.29 is 14.5 Å². The Morgan fingerprint density at radius 1 is 1.00 bits per heavy atom. The van der Waals surface area contributed by atoms with E-state index in [-0.39, 0.29) is 22.1 Å². The molecule has 3 rings (SSSR count). The molecular formula is C23H17Cl2N3O4. The summed E-state index contributed by atoms with van der Waals surface area (Å²) in [7, 11) is 0. The molecule has 3 aromatic carbocycles. The van der Waals surface area contributed by atoms with Gasteiger partial charge in [-0.25, -0.2) is 0 Å². The molecule has 0 radical (unpaired) electrons. The van der Waals surface area contributed by atoms with Crippen LogP contribution in [0, 0.1) is 17.0 Å². The Bertz CT molecular complexity index is 1220. The van der Waals surface area contributed by atoms with Gasteiger partial charge in [0.15, 0.2) is 0 Å². The number of non-ortho nitro benzene ring substituents is 1. The maximum absolute atomic E-state index is 13.0. The minimum absolute atomic E-state index is 0.0820. The van der Waals surface area contributed by atoms with Crippen molar-refractivity contribution in [2.24, 2.45) is 0 Å². The van der Waals surface area contributed by atoms with Crippen molar-refractivity contribution in [1.82, 2.24) is 5.32 Å². The van der Waals surface area contributed by atoms with E-state index in [1.54, 1.807) is 24.3 Å². The van der Waals surface area contributed by atoms with Gasteiger partial charge < -0.3 is 10.6 Å². The highest BCUT2D eigenvalue weighted by Gasteiger charge is 2.17. The second kappa shape index (κ2) is 10.1. The molecule has 9 heteroatoms. The number of amides is 2. The largest absolute Gasteiger partial charge is 0.319 e. The number of aryl methyl sites for hydroxylation is 1. The first-order chi connectivity index (χ1) is 15.2. The van der Waals surface area contributed by atoms with E-state index in [4.69, 9.17) is 23.2 Å². The van der Waals surface area contributed by atoms with Crippen LogP contribution in [0.3, 0.4) is 0 Å². The second-order valence-electron chi connectivity index (χ2n) is 6.81. The van der Waals surface area contributed by atoms with Gasteiger partial charge in [-0.05, 0) is 61.0 Å². The first-order valence-electron chi connectivity index (χ1n) is 9.33.